The van der Waals surface area contributed by atoms with Crippen LogP contribution in [0.2, 0.25) is 0 Å². The van der Waals surface area contributed by atoms with Gasteiger partial charge < -0.3 is 10.4 Å². The first-order valence-electron chi connectivity index (χ1n) is 4.71. The van der Waals surface area contributed by atoms with E-state index in [1.807, 2.05) is 0 Å². The van der Waals surface area contributed by atoms with E-state index in [1.54, 1.807) is 26.1 Å². The Bertz CT molecular complexity index is 325. The van der Waals surface area contributed by atoms with E-state index in [9.17, 15) is 4.79 Å². The lowest BCUT2D eigenvalue weighted by atomic mass is 9.94. The van der Waals surface area contributed by atoms with E-state index >= 15 is 0 Å². The van der Waals surface area contributed by atoms with Crippen molar-refractivity contribution in [2.75, 3.05) is 6.54 Å². The van der Waals surface area contributed by atoms with E-state index in [-0.39, 0.29) is 0 Å². The minimum Gasteiger partial charge on any atom is -0.481 e. The summed E-state index contributed by atoms with van der Waals surface area (Å²) in [5.41, 5.74) is 0.0960. The number of hydrogen-bond donors (Lipinski definition) is 2. The number of carbonyl (C=O) groups is 1. The molecule has 0 aliphatic rings. The van der Waals surface area contributed by atoms with Crippen LogP contribution in [-0.4, -0.2) is 27.6 Å². The number of aliphatic carboxylic acids is 1. The molecule has 15 heavy (non-hydrogen) atoms. The fourth-order valence-electron chi connectivity index (χ4n) is 1.00. The number of aromatic nitrogens is 2. The highest BCUT2D eigenvalue weighted by atomic mass is 16.4. The van der Waals surface area contributed by atoms with Crippen molar-refractivity contribution in [3.8, 4) is 0 Å². The van der Waals surface area contributed by atoms with Crippen LogP contribution in [0.1, 0.15) is 19.5 Å². The molecule has 2 N–H and O–H groups in total. The maximum absolute atomic E-state index is 10.8. The zero-order valence-electron chi connectivity index (χ0n) is 8.90. The smallest absolute Gasteiger partial charge is 0.310 e. The molecule has 0 atom stereocenters. The van der Waals surface area contributed by atoms with Crippen LogP contribution >= 0.6 is 0 Å². The molecular formula is C10H15N3O2. The molecule has 82 valence electrons. The second-order valence-electron chi connectivity index (χ2n) is 3.99. The molecule has 0 aliphatic heterocycles. The van der Waals surface area contributed by atoms with Crippen molar-refractivity contribution in [2.24, 2.45) is 5.41 Å². The highest BCUT2D eigenvalue weighted by molar-refractivity contribution is 5.73. The third kappa shape index (κ3) is 3.63. The molecule has 0 saturated carbocycles. The summed E-state index contributed by atoms with van der Waals surface area (Å²) in [5, 5.41) is 11.9. The summed E-state index contributed by atoms with van der Waals surface area (Å²) in [4.78, 5) is 18.6. The molecule has 0 bridgehead atoms. The first kappa shape index (κ1) is 11.6. The van der Waals surface area contributed by atoms with Gasteiger partial charge in [-0.05, 0) is 19.9 Å². The topological polar surface area (TPSA) is 75.1 Å². The van der Waals surface area contributed by atoms with Crippen LogP contribution in [0.5, 0.6) is 0 Å². The number of nitrogens with one attached hydrogen (secondary N) is 1. The zero-order valence-corrected chi connectivity index (χ0v) is 8.90. The third-order valence-electron chi connectivity index (χ3n) is 2.10. The van der Waals surface area contributed by atoms with E-state index in [0.717, 1.165) is 5.69 Å². The van der Waals surface area contributed by atoms with Crippen molar-refractivity contribution < 1.29 is 9.90 Å². The minimum atomic E-state index is -0.808. The normalized spacial score (nSPS) is 11.3. The molecular weight excluding hydrogens is 194 g/mol. The summed E-state index contributed by atoms with van der Waals surface area (Å²) in [7, 11) is 0. The average molecular weight is 209 g/mol. The average Bonchev–Trinajstić information content (AvgIpc) is 2.19. The Balaban J connectivity index is 2.37. The van der Waals surface area contributed by atoms with Gasteiger partial charge in [-0.25, -0.2) is 9.97 Å². The Morgan fingerprint density at radius 2 is 2.33 bits per heavy atom. The maximum atomic E-state index is 10.8. The van der Waals surface area contributed by atoms with Gasteiger partial charge in [0.1, 0.15) is 6.33 Å². The second-order valence-corrected chi connectivity index (χ2v) is 3.99. The Labute approximate surface area is 88.6 Å². The Hall–Kier alpha value is -1.49. The SMILES string of the molecule is CC(C)(CNCc1ccncn1)C(=O)O. The van der Waals surface area contributed by atoms with E-state index in [4.69, 9.17) is 5.11 Å². The van der Waals surface area contributed by atoms with Crippen LogP contribution < -0.4 is 5.32 Å². The van der Waals surface area contributed by atoms with Crippen LogP contribution in [0.4, 0.5) is 0 Å². The van der Waals surface area contributed by atoms with Crippen LogP contribution in [0.3, 0.4) is 0 Å². The van der Waals surface area contributed by atoms with Gasteiger partial charge in [0, 0.05) is 19.3 Å². The van der Waals surface area contributed by atoms with Crippen molar-refractivity contribution in [2.45, 2.75) is 20.4 Å². The van der Waals surface area contributed by atoms with Crippen molar-refractivity contribution in [3.05, 3.63) is 24.3 Å². The molecule has 0 radical (unpaired) electrons. The Morgan fingerprint density at radius 1 is 1.60 bits per heavy atom. The zero-order chi connectivity index (χ0) is 11.3. The first-order chi connectivity index (χ1) is 7.02. The summed E-state index contributed by atoms with van der Waals surface area (Å²) in [6.07, 6.45) is 3.13. The standard InChI is InChI=1S/C10H15N3O2/c1-10(2,9(14)15)6-12-5-8-3-4-11-7-13-8/h3-4,7,12H,5-6H2,1-2H3,(H,14,15). The molecule has 1 aromatic heterocycles. The molecule has 0 spiro atoms. The minimum absolute atomic E-state index is 0.409. The molecule has 1 heterocycles. The lowest BCUT2D eigenvalue weighted by Gasteiger charge is -2.19. The molecule has 5 heteroatoms. The lowest BCUT2D eigenvalue weighted by Crippen LogP contribution is -2.35. The van der Waals surface area contributed by atoms with Gasteiger partial charge in [0.15, 0.2) is 0 Å². The van der Waals surface area contributed by atoms with Gasteiger partial charge in [-0.1, -0.05) is 0 Å². The molecule has 1 aromatic rings. The van der Waals surface area contributed by atoms with Gasteiger partial charge in [0.25, 0.3) is 0 Å². The van der Waals surface area contributed by atoms with Crippen LogP contribution in [0.15, 0.2) is 18.6 Å². The van der Waals surface area contributed by atoms with E-state index < -0.39 is 11.4 Å². The van der Waals surface area contributed by atoms with Crippen LogP contribution in [0.25, 0.3) is 0 Å². The molecule has 1 rings (SSSR count). The predicted octanol–water partition coefficient (Wildman–Crippen LogP) is 0.677. The van der Waals surface area contributed by atoms with Gasteiger partial charge in [-0.3, -0.25) is 4.79 Å². The Kier molecular flexibility index (Phi) is 3.74. The van der Waals surface area contributed by atoms with Gasteiger partial charge in [0.05, 0.1) is 11.1 Å². The molecule has 5 nitrogen and oxygen atoms in total. The second kappa shape index (κ2) is 4.84. The summed E-state index contributed by atoms with van der Waals surface area (Å²) in [5.74, 6) is -0.808. The predicted molar refractivity (Wildman–Crippen MR) is 55.2 cm³/mol. The molecule has 0 fully saturated rings. The summed E-state index contributed by atoms with van der Waals surface area (Å²) < 4.78 is 0. The number of rotatable bonds is 5. The fraction of sp³-hybridized carbons (Fsp3) is 0.500. The largest absolute Gasteiger partial charge is 0.481 e. The molecule has 0 aromatic carbocycles. The third-order valence-corrected chi connectivity index (χ3v) is 2.10. The van der Waals surface area contributed by atoms with Gasteiger partial charge in [0.2, 0.25) is 0 Å². The van der Waals surface area contributed by atoms with Gasteiger partial charge in [-0.15, -0.1) is 0 Å². The highest BCUT2D eigenvalue weighted by Gasteiger charge is 2.26. The number of hydrogen-bond acceptors (Lipinski definition) is 4. The van der Waals surface area contributed by atoms with Crippen LogP contribution in [0, 0.1) is 5.41 Å². The number of carboxylic acids is 1. The highest BCUT2D eigenvalue weighted by Crippen LogP contribution is 2.13. The molecule has 0 unspecified atom stereocenters. The van der Waals surface area contributed by atoms with Gasteiger partial charge in [-0.2, -0.15) is 0 Å². The first-order valence-corrected chi connectivity index (χ1v) is 4.71. The van der Waals surface area contributed by atoms with Crippen molar-refractivity contribution in [1.29, 1.82) is 0 Å². The van der Waals surface area contributed by atoms with E-state index in [2.05, 4.69) is 15.3 Å². The summed E-state index contributed by atoms with van der Waals surface area (Å²) in [6.45, 7) is 4.33. The van der Waals surface area contributed by atoms with Crippen molar-refractivity contribution in [1.82, 2.24) is 15.3 Å². The molecule has 0 amide bonds. The lowest BCUT2D eigenvalue weighted by molar-refractivity contribution is -0.146. The van der Waals surface area contributed by atoms with Crippen molar-refractivity contribution in [3.63, 3.8) is 0 Å². The summed E-state index contributed by atoms with van der Waals surface area (Å²) >= 11 is 0. The monoisotopic (exact) mass is 209 g/mol. The fourth-order valence-corrected chi connectivity index (χ4v) is 1.00. The molecule has 0 saturated heterocycles. The van der Waals surface area contributed by atoms with E-state index in [0.29, 0.717) is 13.1 Å². The maximum Gasteiger partial charge on any atom is 0.310 e. The van der Waals surface area contributed by atoms with Crippen molar-refractivity contribution >= 4 is 5.97 Å². The Morgan fingerprint density at radius 3 is 2.87 bits per heavy atom. The quantitative estimate of drug-likeness (QED) is 0.745. The van der Waals surface area contributed by atoms with E-state index in [1.165, 1.54) is 6.33 Å². The van der Waals surface area contributed by atoms with Crippen LogP contribution in [-0.2, 0) is 11.3 Å². The summed E-state index contributed by atoms with van der Waals surface area (Å²) in [6, 6.07) is 1.79. The number of carboxylic acid groups (broad SMARTS) is 1. The molecule has 0 aliphatic carbocycles. The van der Waals surface area contributed by atoms with Gasteiger partial charge >= 0.3 is 5.97 Å². The number of nitrogens with zero attached hydrogens (tertiary/aromatic N) is 2.